The molecule has 3 rings (SSSR count). The number of aliphatic carboxylic acids is 1. The molecule has 0 aliphatic rings. The lowest BCUT2D eigenvalue weighted by molar-refractivity contribution is -0.136. The van der Waals surface area contributed by atoms with Gasteiger partial charge in [-0.15, -0.1) is 22.7 Å². The molecule has 2 heterocycles. The number of carboxylic acid groups (broad SMARTS) is 1. The highest BCUT2D eigenvalue weighted by Crippen LogP contribution is 2.31. The fourth-order valence-electron chi connectivity index (χ4n) is 2.04. The van der Waals surface area contributed by atoms with E-state index in [1.54, 1.807) is 22.7 Å². The Hall–Kier alpha value is -1.98. The van der Waals surface area contributed by atoms with E-state index in [0.29, 0.717) is 6.42 Å². The van der Waals surface area contributed by atoms with Crippen LogP contribution >= 0.6 is 22.7 Å². The summed E-state index contributed by atoms with van der Waals surface area (Å²) in [7, 11) is 0. The second-order valence-electron chi connectivity index (χ2n) is 4.57. The van der Waals surface area contributed by atoms with Gasteiger partial charge in [-0.2, -0.15) is 0 Å². The van der Waals surface area contributed by atoms with Crippen LogP contribution in [0, 0.1) is 0 Å². The van der Waals surface area contributed by atoms with E-state index in [-0.39, 0.29) is 6.42 Å². The molecule has 0 spiro atoms. The molecule has 3 aromatic rings. The van der Waals surface area contributed by atoms with Crippen molar-refractivity contribution in [1.82, 2.24) is 4.98 Å². The maximum Gasteiger partial charge on any atom is 0.303 e. The predicted molar refractivity (Wildman–Crippen MR) is 88.7 cm³/mol. The predicted octanol–water partition coefficient (Wildman–Crippen LogP) is 4.76. The van der Waals surface area contributed by atoms with Crippen LogP contribution in [0.2, 0.25) is 0 Å². The number of hydrogen-bond donors (Lipinski definition) is 1. The highest BCUT2D eigenvalue weighted by Gasteiger charge is 2.11. The largest absolute Gasteiger partial charge is 0.481 e. The summed E-state index contributed by atoms with van der Waals surface area (Å²) >= 11 is 3.25. The van der Waals surface area contributed by atoms with Crippen molar-refractivity contribution < 1.29 is 9.90 Å². The quantitative estimate of drug-likeness (QED) is 0.738. The molecule has 0 saturated heterocycles. The zero-order chi connectivity index (χ0) is 14.7. The van der Waals surface area contributed by atoms with Gasteiger partial charge < -0.3 is 5.11 Å². The summed E-state index contributed by atoms with van der Waals surface area (Å²) in [6.45, 7) is 0. The van der Waals surface area contributed by atoms with Crippen molar-refractivity contribution in [3.8, 4) is 0 Å². The Morgan fingerprint density at radius 1 is 1.19 bits per heavy atom. The molecule has 0 unspecified atom stereocenters. The van der Waals surface area contributed by atoms with Crippen molar-refractivity contribution >= 4 is 50.5 Å². The van der Waals surface area contributed by atoms with Crippen molar-refractivity contribution in [2.45, 2.75) is 12.8 Å². The second kappa shape index (κ2) is 6.20. The first-order valence-corrected chi connectivity index (χ1v) is 8.24. The number of carboxylic acids is 1. The Morgan fingerprint density at radius 2 is 2.05 bits per heavy atom. The Balaban J connectivity index is 1.99. The lowest BCUT2D eigenvalue weighted by atomic mass is 10.1. The van der Waals surface area contributed by atoms with E-state index in [1.165, 1.54) is 0 Å². The Kier molecular flexibility index (Phi) is 4.13. The first-order valence-electron chi connectivity index (χ1n) is 6.54. The summed E-state index contributed by atoms with van der Waals surface area (Å²) in [5.41, 5.74) is 1.95. The van der Waals surface area contributed by atoms with E-state index in [0.717, 1.165) is 25.7 Å². The molecular formula is C16H13NO2S2. The first-order chi connectivity index (χ1) is 10.2. The van der Waals surface area contributed by atoms with Crippen LogP contribution in [-0.2, 0) is 4.79 Å². The molecular weight excluding hydrogens is 302 g/mol. The maximum atomic E-state index is 10.9. The van der Waals surface area contributed by atoms with Gasteiger partial charge in [-0.25, -0.2) is 4.98 Å². The molecule has 1 aromatic carbocycles. The van der Waals surface area contributed by atoms with Crippen molar-refractivity contribution in [3.05, 3.63) is 51.7 Å². The van der Waals surface area contributed by atoms with Crippen LogP contribution in [0.15, 0.2) is 41.8 Å². The van der Waals surface area contributed by atoms with Crippen LogP contribution in [0.25, 0.3) is 21.9 Å². The fourth-order valence-corrected chi connectivity index (χ4v) is 3.73. The molecule has 5 heteroatoms. The minimum absolute atomic E-state index is 0.118. The van der Waals surface area contributed by atoms with Gasteiger partial charge >= 0.3 is 5.97 Å². The molecule has 0 bridgehead atoms. The van der Waals surface area contributed by atoms with Crippen LogP contribution in [0.3, 0.4) is 0 Å². The van der Waals surface area contributed by atoms with Gasteiger partial charge in [0.15, 0.2) is 0 Å². The molecule has 0 saturated carbocycles. The van der Waals surface area contributed by atoms with Crippen LogP contribution in [0.1, 0.15) is 22.7 Å². The van der Waals surface area contributed by atoms with Crippen LogP contribution in [0.5, 0.6) is 0 Å². The molecule has 1 N–H and O–H groups in total. The molecule has 21 heavy (non-hydrogen) atoms. The molecule has 0 atom stereocenters. The third kappa shape index (κ3) is 3.37. The van der Waals surface area contributed by atoms with Gasteiger partial charge in [0.1, 0.15) is 5.01 Å². The zero-order valence-electron chi connectivity index (χ0n) is 11.2. The standard InChI is InChI=1S/C16H13NO2S2/c18-15(19)8-7-11(10-12-4-3-9-20-12)16-17-13-5-1-2-6-14(13)21-16/h1-6,9-10H,7-8H2,(H,18,19). The Morgan fingerprint density at radius 3 is 2.76 bits per heavy atom. The van der Waals surface area contributed by atoms with E-state index in [9.17, 15) is 4.79 Å². The van der Waals surface area contributed by atoms with Gasteiger partial charge in [-0.05, 0) is 41.6 Å². The third-order valence-electron chi connectivity index (χ3n) is 3.04. The molecule has 2 aromatic heterocycles. The number of allylic oxidation sites excluding steroid dienone is 1. The molecule has 0 fully saturated rings. The number of para-hydroxylation sites is 1. The maximum absolute atomic E-state index is 10.9. The second-order valence-corrected chi connectivity index (χ2v) is 6.58. The summed E-state index contributed by atoms with van der Waals surface area (Å²) in [6, 6.07) is 12.0. The van der Waals surface area contributed by atoms with Gasteiger partial charge in [-0.3, -0.25) is 4.79 Å². The van der Waals surface area contributed by atoms with Gasteiger partial charge in [0.05, 0.1) is 10.2 Å². The SMILES string of the molecule is O=C(O)CCC(=Cc1cccs1)c1nc2ccccc2s1. The van der Waals surface area contributed by atoms with E-state index >= 15 is 0 Å². The topological polar surface area (TPSA) is 50.2 Å². The summed E-state index contributed by atoms with van der Waals surface area (Å²) < 4.78 is 1.12. The van der Waals surface area contributed by atoms with Gasteiger partial charge in [-0.1, -0.05) is 18.2 Å². The van der Waals surface area contributed by atoms with E-state index in [2.05, 4.69) is 4.98 Å². The summed E-state index contributed by atoms with van der Waals surface area (Å²) in [6.07, 6.45) is 2.66. The minimum atomic E-state index is -0.784. The van der Waals surface area contributed by atoms with Crippen LogP contribution in [-0.4, -0.2) is 16.1 Å². The van der Waals surface area contributed by atoms with Crippen LogP contribution in [0.4, 0.5) is 0 Å². The number of fused-ring (bicyclic) bond motifs is 1. The molecule has 0 radical (unpaired) electrons. The van der Waals surface area contributed by atoms with Gasteiger partial charge in [0.25, 0.3) is 0 Å². The highest BCUT2D eigenvalue weighted by molar-refractivity contribution is 7.19. The Labute approximate surface area is 130 Å². The highest BCUT2D eigenvalue weighted by atomic mass is 32.1. The Bertz CT molecular complexity index is 755. The average Bonchev–Trinajstić information content (AvgIpc) is 3.11. The molecule has 0 aliphatic heterocycles. The number of rotatable bonds is 5. The summed E-state index contributed by atoms with van der Waals surface area (Å²) in [5.74, 6) is -0.784. The van der Waals surface area contributed by atoms with Gasteiger partial charge in [0.2, 0.25) is 0 Å². The fraction of sp³-hybridized carbons (Fsp3) is 0.125. The monoisotopic (exact) mass is 315 g/mol. The van der Waals surface area contributed by atoms with E-state index < -0.39 is 5.97 Å². The van der Waals surface area contributed by atoms with Crippen molar-refractivity contribution in [2.24, 2.45) is 0 Å². The number of benzene rings is 1. The van der Waals surface area contributed by atoms with Crippen molar-refractivity contribution in [1.29, 1.82) is 0 Å². The number of hydrogen-bond acceptors (Lipinski definition) is 4. The molecule has 0 aliphatic carbocycles. The number of thiophene rings is 1. The van der Waals surface area contributed by atoms with Gasteiger partial charge in [0, 0.05) is 11.3 Å². The molecule has 0 amide bonds. The van der Waals surface area contributed by atoms with E-state index in [4.69, 9.17) is 5.11 Å². The van der Waals surface area contributed by atoms with Crippen molar-refractivity contribution in [2.75, 3.05) is 0 Å². The minimum Gasteiger partial charge on any atom is -0.481 e. The van der Waals surface area contributed by atoms with Crippen molar-refractivity contribution in [3.63, 3.8) is 0 Å². The third-order valence-corrected chi connectivity index (χ3v) is 4.97. The average molecular weight is 315 g/mol. The first kappa shape index (κ1) is 14.0. The summed E-state index contributed by atoms with van der Waals surface area (Å²) in [5, 5.41) is 11.9. The lowest BCUT2D eigenvalue weighted by Crippen LogP contribution is -1.95. The zero-order valence-corrected chi connectivity index (χ0v) is 12.8. The smallest absolute Gasteiger partial charge is 0.303 e. The number of nitrogens with zero attached hydrogens (tertiary/aromatic N) is 1. The lowest BCUT2D eigenvalue weighted by Gasteiger charge is -2.01. The number of thiazole rings is 1. The van der Waals surface area contributed by atoms with E-state index in [1.807, 2.05) is 47.9 Å². The number of carbonyl (C=O) groups is 1. The van der Waals surface area contributed by atoms with Crippen LogP contribution < -0.4 is 0 Å². The molecule has 106 valence electrons. The number of aromatic nitrogens is 1. The molecule has 3 nitrogen and oxygen atoms in total. The summed E-state index contributed by atoms with van der Waals surface area (Å²) in [4.78, 5) is 16.6. The normalized spacial score (nSPS) is 11.9.